The number of nitrogens with zero attached hydrogens (tertiary/aromatic N) is 2. The molecule has 0 aliphatic carbocycles. The molecule has 0 saturated heterocycles. The monoisotopic (exact) mass is 448 g/mol. The number of hydrogen-bond donors (Lipinski definition) is 1. The molecule has 2 rings (SSSR count). The maximum atomic E-state index is 11.6. The van der Waals surface area contributed by atoms with Crippen molar-refractivity contribution < 1.29 is 14.8 Å². The molecule has 1 N–H and O–H groups in total. The van der Waals surface area contributed by atoms with E-state index in [9.17, 15) is 20.0 Å². The van der Waals surface area contributed by atoms with E-state index < -0.39 is 11.0 Å². The topological polar surface area (TPSA) is 83.7 Å². The highest BCUT2D eigenvalue weighted by atomic mass is 79.9. The highest BCUT2D eigenvalue weighted by Crippen LogP contribution is 2.41. The van der Waals surface area contributed by atoms with E-state index >= 15 is 0 Å². The lowest BCUT2D eigenvalue weighted by Crippen LogP contribution is -2.24. The average Bonchev–Trinajstić information content (AvgIpc) is 2.41. The van der Waals surface area contributed by atoms with Gasteiger partial charge in [0.15, 0.2) is 0 Å². The molecule has 1 amide bonds. The highest BCUT2D eigenvalue weighted by Gasteiger charge is 2.25. The zero-order chi connectivity index (χ0) is 16.4. The summed E-state index contributed by atoms with van der Waals surface area (Å²) in [6.07, 6.45) is -1.25. The van der Waals surface area contributed by atoms with Crippen LogP contribution >= 0.6 is 43.5 Å². The molecule has 0 spiro atoms. The minimum absolute atomic E-state index is 0.168. The van der Waals surface area contributed by atoms with Crippen LogP contribution in [0.15, 0.2) is 45.3 Å². The first kappa shape index (κ1) is 16.7. The van der Waals surface area contributed by atoms with Gasteiger partial charge in [-0.05, 0) is 50.1 Å². The summed E-state index contributed by atoms with van der Waals surface area (Å²) >= 11 is 12.3. The van der Waals surface area contributed by atoms with Crippen LogP contribution in [0.1, 0.15) is 0 Å². The molecular weight excluding hydrogens is 443 g/mol. The molecule has 0 radical (unpaired) electrons. The van der Waals surface area contributed by atoms with Gasteiger partial charge in [-0.2, -0.15) is 0 Å². The van der Waals surface area contributed by atoms with Gasteiger partial charge >= 0.3 is 6.09 Å². The molecule has 0 saturated carbocycles. The first-order valence-electron chi connectivity index (χ1n) is 5.73. The molecule has 0 heterocycles. The van der Waals surface area contributed by atoms with Crippen LogP contribution in [0.4, 0.5) is 21.9 Å². The third-order valence-electron chi connectivity index (χ3n) is 2.69. The van der Waals surface area contributed by atoms with Gasteiger partial charge in [-0.1, -0.05) is 17.7 Å². The van der Waals surface area contributed by atoms with Crippen LogP contribution < -0.4 is 4.90 Å². The van der Waals surface area contributed by atoms with Gasteiger partial charge in [0.2, 0.25) is 0 Å². The Morgan fingerprint density at radius 1 is 1.23 bits per heavy atom. The van der Waals surface area contributed by atoms with Gasteiger partial charge in [0.1, 0.15) is 0 Å². The Kier molecular flexibility index (Phi) is 5.05. The summed E-state index contributed by atoms with van der Waals surface area (Å²) < 4.78 is 0.520. The number of nitro benzene ring substituents is 1. The van der Waals surface area contributed by atoms with E-state index in [1.165, 1.54) is 18.2 Å². The summed E-state index contributed by atoms with van der Waals surface area (Å²) in [7, 11) is 0. The summed E-state index contributed by atoms with van der Waals surface area (Å²) in [5.74, 6) is 0. The second-order valence-corrected chi connectivity index (χ2v) is 6.26. The highest BCUT2D eigenvalue weighted by molar-refractivity contribution is 9.11. The standard InChI is InChI=1S/C13H7Br2ClN2O4/c14-10-5-9(18(21)22)6-11(15)12(10)17(13(19)20)8-3-1-2-7(16)4-8/h1-6H,(H,19,20). The van der Waals surface area contributed by atoms with E-state index in [4.69, 9.17) is 11.6 Å². The van der Waals surface area contributed by atoms with Gasteiger partial charge in [-0.15, -0.1) is 0 Å². The van der Waals surface area contributed by atoms with E-state index in [1.54, 1.807) is 18.2 Å². The van der Waals surface area contributed by atoms with E-state index in [0.29, 0.717) is 10.7 Å². The lowest BCUT2D eigenvalue weighted by atomic mass is 10.2. The smallest absolute Gasteiger partial charge is 0.416 e. The lowest BCUT2D eigenvalue weighted by Gasteiger charge is -2.22. The molecule has 0 bridgehead atoms. The van der Waals surface area contributed by atoms with Crippen LogP contribution in [0.3, 0.4) is 0 Å². The molecule has 9 heteroatoms. The fourth-order valence-corrected chi connectivity index (χ4v) is 3.52. The molecule has 0 aromatic heterocycles. The molecule has 0 atom stereocenters. The molecule has 0 unspecified atom stereocenters. The molecule has 2 aromatic rings. The van der Waals surface area contributed by atoms with Crippen molar-refractivity contribution in [1.82, 2.24) is 0 Å². The SMILES string of the molecule is O=C(O)N(c1cccc(Cl)c1)c1c(Br)cc([N+](=O)[O-])cc1Br. The second kappa shape index (κ2) is 6.64. The van der Waals surface area contributed by atoms with Gasteiger partial charge in [0.25, 0.3) is 5.69 Å². The first-order chi connectivity index (χ1) is 10.3. The van der Waals surface area contributed by atoms with Crippen molar-refractivity contribution in [3.05, 3.63) is 60.5 Å². The zero-order valence-electron chi connectivity index (χ0n) is 10.7. The Labute approximate surface area is 146 Å². The molecule has 6 nitrogen and oxygen atoms in total. The molecule has 114 valence electrons. The van der Waals surface area contributed by atoms with Crippen LogP contribution in [0.5, 0.6) is 0 Å². The van der Waals surface area contributed by atoms with Gasteiger partial charge in [-0.25, -0.2) is 9.69 Å². The van der Waals surface area contributed by atoms with Gasteiger partial charge < -0.3 is 5.11 Å². The fourth-order valence-electron chi connectivity index (χ4n) is 1.82. The normalized spacial score (nSPS) is 10.3. The van der Waals surface area contributed by atoms with Gasteiger partial charge in [-0.3, -0.25) is 10.1 Å². The molecule has 0 fully saturated rings. The summed E-state index contributed by atoms with van der Waals surface area (Å²) in [5.41, 5.74) is 0.370. The largest absolute Gasteiger partial charge is 0.464 e. The number of nitro groups is 1. The number of carbonyl (C=O) groups is 1. The van der Waals surface area contributed by atoms with Crippen molar-refractivity contribution in [2.24, 2.45) is 0 Å². The van der Waals surface area contributed by atoms with Crippen LogP contribution in [-0.2, 0) is 0 Å². The Morgan fingerprint density at radius 2 is 1.82 bits per heavy atom. The number of benzene rings is 2. The number of carboxylic acid groups (broad SMARTS) is 1. The second-order valence-electron chi connectivity index (χ2n) is 4.11. The maximum Gasteiger partial charge on any atom is 0.416 e. The Hall–Kier alpha value is -1.64. The number of halogens is 3. The summed E-state index contributed by atoms with van der Waals surface area (Å²) in [4.78, 5) is 22.9. The van der Waals surface area contributed by atoms with Crippen LogP contribution in [-0.4, -0.2) is 16.1 Å². The quantitative estimate of drug-likeness (QED) is 0.488. The number of anilines is 2. The van der Waals surface area contributed by atoms with Crippen molar-refractivity contribution >= 4 is 66.6 Å². The zero-order valence-corrected chi connectivity index (χ0v) is 14.6. The van der Waals surface area contributed by atoms with E-state index in [-0.39, 0.29) is 20.3 Å². The summed E-state index contributed by atoms with van der Waals surface area (Å²) in [6, 6.07) is 8.75. The molecule has 0 aliphatic heterocycles. The Balaban J connectivity index is 2.64. The van der Waals surface area contributed by atoms with E-state index in [0.717, 1.165) is 4.90 Å². The van der Waals surface area contributed by atoms with Crippen molar-refractivity contribution in [3.63, 3.8) is 0 Å². The molecule has 0 aliphatic rings. The average molecular weight is 450 g/mol. The number of rotatable bonds is 3. The Bertz CT molecular complexity index is 746. The van der Waals surface area contributed by atoms with Crippen molar-refractivity contribution in [2.75, 3.05) is 4.90 Å². The third-order valence-corrected chi connectivity index (χ3v) is 4.14. The number of amides is 1. The predicted molar refractivity (Wildman–Crippen MR) is 90.1 cm³/mol. The van der Waals surface area contributed by atoms with E-state index in [1.807, 2.05) is 0 Å². The lowest BCUT2D eigenvalue weighted by molar-refractivity contribution is -0.385. The fraction of sp³-hybridized carbons (Fsp3) is 0. The number of hydrogen-bond acceptors (Lipinski definition) is 3. The molecule has 22 heavy (non-hydrogen) atoms. The maximum absolute atomic E-state index is 11.6. The van der Waals surface area contributed by atoms with Crippen LogP contribution in [0, 0.1) is 10.1 Å². The molecular formula is C13H7Br2ClN2O4. The summed E-state index contributed by atoms with van der Waals surface area (Å²) in [5, 5.41) is 20.7. The minimum Gasteiger partial charge on any atom is -0.464 e. The Morgan fingerprint density at radius 3 is 2.27 bits per heavy atom. The van der Waals surface area contributed by atoms with Gasteiger partial charge in [0.05, 0.1) is 16.3 Å². The number of non-ortho nitro benzene ring substituents is 1. The van der Waals surface area contributed by atoms with E-state index in [2.05, 4.69) is 31.9 Å². The third kappa shape index (κ3) is 3.40. The van der Waals surface area contributed by atoms with Gasteiger partial charge in [0, 0.05) is 26.1 Å². The van der Waals surface area contributed by atoms with Crippen LogP contribution in [0.2, 0.25) is 5.02 Å². The molecule has 2 aromatic carbocycles. The van der Waals surface area contributed by atoms with Crippen molar-refractivity contribution in [2.45, 2.75) is 0 Å². The van der Waals surface area contributed by atoms with Crippen molar-refractivity contribution in [1.29, 1.82) is 0 Å². The van der Waals surface area contributed by atoms with Crippen molar-refractivity contribution in [3.8, 4) is 0 Å². The minimum atomic E-state index is -1.25. The summed E-state index contributed by atoms with van der Waals surface area (Å²) in [6.45, 7) is 0. The first-order valence-corrected chi connectivity index (χ1v) is 7.69. The predicted octanol–water partition coefficient (Wildman–Crippen LogP) is 5.59. The van der Waals surface area contributed by atoms with Crippen LogP contribution in [0.25, 0.3) is 0 Å².